The standard InChI is InChI=1S/C16H14F2N2O4/c1-8(21)10-5-14(19-7-10)16(23)24-9(2)15(22)20-13-4-3-11(17)6-12(13)18/h3-7,9,19H,1-2H3,(H,20,22)/t9-/m0/s1. The van der Waals surface area contributed by atoms with Gasteiger partial charge in [-0.05, 0) is 32.0 Å². The van der Waals surface area contributed by atoms with Crippen LogP contribution < -0.4 is 5.32 Å². The molecule has 2 rings (SSSR count). The molecule has 1 aromatic heterocycles. The molecule has 0 saturated carbocycles. The second-order valence-electron chi connectivity index (χ2n) is 5.02. The molecule has 0 unspecified atom stereocenters. The number of Topliss-reactive ketones (excluding diaryl/α,β-unsaturated/α-hetero) is 1. The lowest BCUT2D eigenvalue weighted by atomic mass is 10.2. The Kier molecular flexibility index (Phi) is 5.08. The van der Waals surface area contributed by atoms with Gasteiger partial charge in [-0.1, -0.05) is 0 Å². The molecule has 2 aromatic rings. The van der Waals surface area contributed by atoms with E-state index in [1.54, 1.807) is 0 Å². The van der Waals surface area contributed by atoms with Gasteiger partial charge in [-0.3, -0.25) is 9.59 Å². The second kappa shape index (κ2) is 7.03. The third-order valence-corrected chi connectivity index (χ3v) is 3.15. The van der Waals surface area contributed by atoms with E-state index in [1.165, 1.54) is 26.1 Å². The largest absolute Gasteiger partial charge is 0.448 e. The van der Waals surface area contributed by atoms with E-state index in [1.807, 2.05) is 0 Å². The Hall–Kier alpha value is -3.03. The highest BCUT2D eigenvalue weighted by molar-refractivity contribution is 5.99. The summed E-state index contributed by atoms with van der Waals surface area (Å²) in [4.78, 5) is 37.5. The maximum Gasteiger partial charge on any atom is 0.355 e. The molecule has 24 heavy (non-hydrogen) atoms. The number of nitrogens with one attached hydrogen (secondary N) is 2. The number of benzene rings is 1. The van der Waals surface area contributed by atoms with Crippen LogP contribution in [0.25, 0.3) is 0 Å². The van der Waals surface area contributed by atoms with Crippen molar-refractivity contribution in [3.63, 3.8) is 0 Å². The third kappa shape index (κ3) is 4.03. The molecular formula is C16H14F2N2O4. The van der Waals surface area contributed by atoms with Gasteiger partial charge in [-0.25, -0.2) is 13.6 Å². The number of H-pyrrole nitrogens is 1. The third-order valence-electron chi connectivity index (χ3n) is 3.15. The summed E-state index contributed by atoms with van der Waals surface area (Å²) in [6.07, 6.45) is 0.114. The quantitative estimate of drug-likeness (QED) is 0.649. The highest BCUT2D eigenvalue weighted by Gasteiger charge is 2.21. The van der Waals surface area contributed by atoms with Gasteiger partial charge in [-0.15, -0.1) is 0 Å². The van der Waals surface area contributed by atoms with Gasteiger partial charge in [0, 0.05) is 17.8 Å². The van der Waals surface area contributed by atoms with E-state index in [2.05, 4.69) is 10.3 Å². The summed E-state index contributed by atoms with van der Waals surface area (Å²) in [6, 6.07) is 3.96. The molecule has 1 amide bonds. The lowest BCUT2D eigenvalue weighted by molar-refractivity contribution is -0.123. The van der Waals surface area contributed by atoms with E-state index in [4.69, 9.17) is 4.74 Å². The molecular weight excluding hydrogens is 322 g/mol. The molecule has 8 heteroatoms. The maximum absolute atomic E-state index is 13.5. The monoisotopic (exact) mass is 336 g/mol. The Bertz CT molecular complexity index is 801. The van der Waals surface area contributed by atoms with Crippen molar-refractivity contribution in [3.8, 4) is 0 Å². The van der Waals surface area contributed by atoms with Crippen molar-refractivity contribution in [3.05, 3.63) is 53.4 Å². The van der Waals surface area contributed by atoms with E-state index < -0.39 is 29.6 Å². The number of rotatable bonds is 5. The predicted molar refractivity (Wildman–Crippen MR) is 80.7 cm³/mol. The minimum Gasteiger partial charge on any atom is -0.448 e. The molecule has 0 aliphatic rings. The molecule has 126 valence electrons. The molecule has 0 spiro atoms. The molecule has 0 saturated heterocycles. The number of aromatic nitrogens is 1. The van der Waals surface area contributed by atoms with Crippen molar-refractivity contribution >= 4 is 23.3 Å². The van der Waals surface area contributed by atoms with Crippen molar-refractivity contribution < 1.29 is 27.9 Å². The Morgan fingerprint density at radius 1 is 1.21 bits per heavy atom. The van der Waals surface area contributed by atoms with Crippen LogP contribution in [0.3, 0.4) is 0 Å². The molecule has 2 N–H and O–H groups in total. The molecule has 0 aliphatic heterocycles. The molecule has 1 aromatic carbocycles. The summed E-state index contributed by atoms with van der Waals surface area (Å²) in [6.45, 7) is 2.63. The average Bonchev–Trinajstić information content (AvgIpc) is 3.00. The molecule has 0 aliphatic carbocycles. The van der Waals surface area contributed by atoms with Crippen LogP contribution in [0.2, 0.25) is 0 Å². The van der Waals surface area contributed by atoms with E-state index in [0.717, 1.165) is 12.1 Å². The molecule has 0 bridgehead atoms. The van der Waals surface area contributed by atoms with E-state index >= 15 is 0 Å². The van der Waals surface area contributed by atoms with Crippen LogP contribution in [0.15, 0.2) is 30.5 Å². The second-order valence-corrected chi connectivity index (χ2v) is 5.02. The number of hydrogen-bond donors (Lipinski definition) is 2. The number of esters is 1. The highest BCUT2D eigenvalue weighted by Crippen LogP contribution is 2.16. The first-order valence-corrected chi connectivity index (χ1v) is 6.94. The molecule has 1 atom stereocenters. The first-order valence-electron chi connectivity index (χ1n) is 6.94. The number of halogens is 2. The van der Waals surface area contributed by atoms with E-state index in [9.17, 15) is 23.2 Å². The molecule has 1 heterocycles. The zero-order valence-corrected chi connectivity index (χ0v) is 12.9. The van der Waals surface area contributed by atoms with Crippen LogP contribution in [0.1, 0.15) is 34.7 Å². The number of anilines is 1. The van der Waals surface area contributed by atoms with E-state index in [0.29, 0.717) is 11.6 Å². The number of aromatic amines is 1. The number of amides is 1. The number of carbonyl (C=O) groups is 3. The van der Waals surface area contributed by atoms with Gasteiger partial charge < -0.3 is 15.0 Å². The van der Waals surface area contributed by atoms with Gasteiger partial charge in [-0.2, -0.15) is 0 Å². The van der Waals surface area contributed by atoms with Gasteiger partial charge in [0.2, 0.25) is 0 Å². The normalized spacial score (nSPS) is 11.7. The Morgan fingerprint density at radius 2 is 1.92 bits per heavy atom. The van der Waals surface area contributed by atoms with Crippen molar-refractivity contribution in [1.82, 2.24) is 4.98 Å². The maximum atomic E-state index is 13.5. The number of ketones is 1. The molecule has 0 radical (unpaired) electrons. The van der Waals surface area contributed by atoms with Crippen LogP contribution in [0.4, 0.5) is 14.5 Å². The number of ether oxygens (including phenoxy) is 1. The first-order chi connectivity index (χ1) is 11.3. The Balaban J connectivity index is 2.00. The smallest absolute Gasteiger partial charge is 0.355 e. The molecule has 0 fully saturated rings. The van der Waals surface area contributed by atoms with Gasteiger partial charge in [0.05, 0.1) is 5.69 Å². The lowest BCUT2D eigenvalue weighted by Gasteiger charge is -2.13. The van der Waals surface area contributed by atoms with Gasteiger partial charge in [0.1, 0.15) is 17.3 Å². The van der Waals surface area contributed by atoms with Crippen LogP contribution in [0, 0.1) is 11.6 Å². The number of hydrogen-bond acceptors (Lipinski definition) is 4. The zero-order chi connectivity index (χ0) is 17.9. The molecule has 6 nitrogen and oxygen atoms in total. The first kappa shape index (κ1) is 17.3. The van der Waals surface area contributed by atoms with Crippen molar-refractivity contribution in [1.29, 1.82) is 0 Å². The van der Waals surface area contributed by atoms with Crippen molar-refractivity contribution in [2.24, 2.45) is 0 Å². The topological polar surface area (TPSA) is 88.3 Å². The van der Waals surface area contributed by atoms with Crippen molar-refractivity contribution in [2.75, 3.05) is 5.32 Å². The average molecular weight is 336 g/mol. The summed E-state index contributed by atoms with van der Waals surface area (Å²) in [7, 11) is 0. The number of carbonyl (C=O) groups excluding carboxylic acids is 3. The summed E-state index contributed by atoms with van der Waals surface area (Å²) < 4.78 is 31.2. The summed E-state index contributed by atoms with van der Waals surface area (Å²) >= 11 is 0. The van der Waals surface area contributed by atoms with Crippen LogP contribution >= 0.6 is 0 Å². The summed E-state index contributed by atoms with van der Waals surface area (Å²) in [5, 5.41) is 2.20. The van der Waals surface area contributed by atoms with Gasteiger partial charge >= 0.3 is 5.97 Å². The summed E-state index contributed by atoms with van der Waals surface area (Å²) in [5.74, 6) is -3.59. The fourth-order valence-corrected chi connectivity index (χ4v) is 1.82. The minimum atomic E-state index is -1.23. The zero-order valence-electron chi connectivity index (χ0n) is 12.9. The lowest BCUT2D eigenvalue weighted by Crippen LogP contribution is -2.30. The van der Waals surface area contributed by atoms with Gasteiger partial charge in [0.25, 0.3) is 5.91 Å². The SMILES string of the molecule is CC(=O)c1c[nH]c(C(=O)O[C@@H](C)C(=O)Nc2ccc(F)cc2F)c1. The fraction of sp³-hybridized carbons (Fsp3) is 0.188. The van der Waals surface area contributed by atoms with Crippen LogP contribution in [0.5, 0.6) is 0 Å². The fourth-order valence-electron chi connectivity index (χ4n) is 1.82. The Labute approximate surface area is 135 Å². The predicted octanol–water partition coefficient (Wildman–Crippen LogP) is 2.68. The van der Waals surface area contributed by atoms with E-state index in [-0.39, 0.29) is 17.2 Å². The minimum absolute atomic E-state index is 0.00723. The van der Waals surface area contributed by atoms with Crippen molar-refractivity contribution in [2.45, 2.75) is 20.0 Å². The summed E-state index contributed by atoms with van der Waals surface area (Å²) in [5.41, 5.74) is 0.0725. The van der Waals surface area contributed by atoms with Crippen LogP contribution in [-0.4, -0.2) is 28.7 Å². The Morgan fingerprint density at radius 3 is 2.50 bits per heavy atom. The highest BCUT2D eigenvalue weighted by atomic mass is 19.1. The van der Waals surface area contributed by atoms with Gasteiger partial charge in [0.15, 0.2) is 11.9 Å². The van der Waals surface area contributed by atoms with Crippen LogP contribution in [-0.2, 0) is 9.53 Å².